The van der Waals surface area contributed by atoms with Crippen LogP contribution in [0.2, 0.25) is 0 Å². The van der Waals surface area contributed by atoms with E-state index < -0.39 is 0 Å². The topological polar surface area (TPSA) is 47.7 Å². The van der Waals surface area contributed by atoms with Gasteiger partial charge in [0, 0.05) is 32.3 Å². The predicted octanol–water partition coefficient (Wildman–Crippen LogP) is 1.34. The molecule has 0 spiro atoms. The molecular weight excluding hydrogens is 216 g/mol. The lowest BCUT2D eigenvalue weighted by Crippen LogP contribution is -2.43. The molecule has 4 nitrogen and oxygen atoms in total. The number of rotatable bonds is 11. The van der Waals surface area contributed by atoms with Gasteiger partial charge in [0.1, 0.15) is 0 Å². The summed E-state index contributed by atoms with van der Waals surface area (Å²) < 4.78 is 10.8. The number of nitrogens with zero attached hydrogens (tertiary/aromatic N) is 1. The van der Waals surface area contributed by atoms with Crippen LogP contribution in [0.3, 0.4) is 0 Å². The average Bonchev–Trinajstić information content (AvgIpc) is 2.35. The van der Waals surface area contributed by atoms with Crippen molar-refractivity contribution < 1.29 is 9.47 Å². The maximum absolute atomic E-state index is 5.73. The fourth-order valence-corrected chi connectivity index (χ4v) is 1.73. The van der Waals surface area contributed by atoms with Crippen LogP contribution >= 0.6 is 0 Å². The zero-order valence-electron chi connectivity index (χ0n) is 11.9. The van der Waals surface area contributed by atoms with Crippen LogP contribution < -0.4 is 5.73 Å². The van der Waals surface area contributed by atoms with E-state index >= 15 is 0 Å². The van der Waals surface area contributed by atoms with E-state index in [-0.39, 0.29) is 0 Å². The first-order valence-electron chi connectivity index (χ1n) is 6.76. The number of hydrogen-bond acceptors (Lipinski definition) is 4. The van der Waals surface area contributed by atoms with Gasteiger partial charge in [-0.1, -0.05) is 6.92 Å². The van der Waals surface area contributed by atoms with Gasteiger partial charge in [0.2, 0.25) is 0 Å². The van der Waals surface area contributed by atoms with Crippen molar-refractivity contribution >= 4 is 0 Å². The summed E-state index contributed by atoms with van der Waals surface area (Å²) in [5.74, 6) is 0.498. The van der Waals surface area contributed by atoms with Crippen LogP contribution in [0.5, 0.6) is 0 Å². The zero-order valence-corrected chi connectivity index (χ0v) is 11.9. The lowest BCUT2D eigenvalue weighted by atomic mass is 10.0. The molecule has 0 aromatic carbocycles. The summed E-state index contributed by atoms with van der Waals surface area (Å²) in [4.78, 5) is 2.41. The first-order valence-corrected chi connectivity index (χ1v) is 6.76. The van der Waals surface area contributed by atoms with E-state index in [9.17, 15) is 0 Å². The van der Waals surface area contributed by atoms with Gasteiger partial charge in [0.15, 0.2) is 0 Å². The Balaban J connectivity index is 4.07. The van der Waals surface area contributed by atoms with Crippen LogP contribution in [0.4, 0.5) is 0 Å². The predicted molar refractivity (Wildman–Crippen MR) is 72.2 cm³/mol. The largest absolute Gasteiger partial charge is 0.380 e. The van der Waals surface area contributed by atoms with Gasteiger partial charge in [-0.3, -0.25) is 4.90 Å². The van der Waals surface area contributed by atoms with Gasteiger partial charge < -0.3 is 15.2 Å². The van der Waals surface area contributed by atoms with E-state index in [0.717, 1.165) is 46.1 Å². The molecule has 0 aliphatic rings. The monoisotopic (exact) mass is 246 g/mol. The Bertz CT molecular complexity index is 157. The van der Waals surface area contributed by atoms with Crippen LogP contribution in [0.25, 0.3) is 0 Å². The molecule has 2 N–H and O–H groups in total. The molecule has 2 unspecified atom stereocenters. The summed E-state index contributed by atoms with van der Waals surface area (Å²) >= 11 is 0. The van der Waals surface area contributed by atoms with Gasteiger partial charge in [0.25, 0.3) is 0 Å². The van der Waals surface area contributed by atoms with E-state index in [1.54, 1.807) is 0 Å². The van der Waals surface area contributed by atoms with E-state index in [1.807, 2.05) is 13.8 Å². The second-order valence-corrected chi connectivity index (χ2v) is 4.38. The lowest BCUT2D eigenvalue weighted by molar-refractivity contribution is 0.0549. The second-order valence-electron chi connectivity index (χ2n) is 4.38. The van der Waals surface area contributed by atoms with Crippen LogP contribution in [-0.2, 0) is 9.47 Å². The molecule has 0 bridgehead atoms. The highest BCUT2D eigenvalue weighted by Crippen LogP contribution is 2.09. The van der Waals surface area contributed by atoms with Crippen molar-refractivity contribution in [1.29, 1.82) is 0 Å². The molecule has 2 atom stereocenters. The van der Waals surface area contributed by atoms with Crippen LogP contribution in [0.1, 0.15) is 27.7 Å². The van der Waals surface area contributed by atoms with Crippen molar-refractivity contribution in [3.63, 3.8) is 0 Å². The molecule has 4 heteroatoms. The van der Waals surface area contributed by atoms with Gasteiger partial charge in [0.05, 0.1) is 13.2 Å². The summed E-state index contributed by atoms with van der Waals surface area (Å²) in [5, 5.41) is 0. The van der Waals surface area contributed by atoms with Gasteiger partial charge in [-0.05, 0) is 33.2 Å². The fraction of sp³-hybridized carbons (Fsp3) is 1.00. The third kappa shape index (κ3) is 7.71. The van der Waals surface area contributed by atoms with Gasteiger partial charge >= 0.3 is 0 Å². The van der Waals surface area contributed by atoms with E-state index in [4.69, 9.17) is 15.2 Å². The molecule has 0 amide bonds. The SMILES string of the molecule is CCOCCN(CCOCC)C(C)C(C)CN. The molecule has 104 valence electrons. The summed E-state index contributed by atoms with van der Waals surface area (Å²) in [6.45, 7) is 14.2. The molecule has 0 radical (unpaired) electrons. The molecule has 0 saturated heterocycles. The second kappa shape index (κ2) is 11.0. The Labute approximate surface area is 106 Å². The average molecular weight is 246 g/mol. The lowest BCUT2D eigenvalue weighted by Gasteiger charge is -2.32. The van der Waals surface area contributed by atoms with Gasteiger partial charge in [-0.25, -0.2) is 0 Å². The van der Waals surface area contributed by atoms with Gasteiger partial charge in [-0.2, -0.15) is 0 Å². The third-order valence-corrected chi connectivity index (χ3v) is 3.23. The number of nitrogens with two attached hydrogens (primary N) is 1. The van der Waals surface area contributed by atoms with Crippen molar-refractivity contribution in [2.45, 2.75) is 33.7 Å². The summed E-state index contributed by atoms with van der Waals surface area (Å²) in [7, 11) is 0. The molecule has 0 saturated carbocycles. The first kappa shape index (κ1) is 16.8. The molecule has 0 fully saturated rings. The quantitative estimate of drug-likeness (QED) is 0.559. The highest BCUT2D eigenvalue weighted by atomic mass is 16.5. The maximum Gasteiger partial charge on any atom is 0.0593 e. The van der Waals surface area contributed by atoms with Crippen LogP contribution in [-0.4, -0.2) is 57.0 Å². The van der Waals surface area contributed by atoms with Crippen molar-refractivity contribution in [2.75, 3.05) is 46.1 Å². The van der Waals surface area contributed by atoms with Crippen molar-refractivity contribution in [1.82, 2.24) is 4.90 Å². The maximum atomic E-state index is 5.73. The molecule has 17 heavy (non-hydrogen) atoms. The smallest absolute Gasteiger partial charge is 0.0593 e. The Kier molecular flexibility index (Phi) is 10.9. The minimum Gasteiger partial charge on any atom is -0.380 e. The van der Waals surface area contributed by atoms with Crippen molar-refractivity contribution in [3.05, 3.63) is 0 Å². The van der Waals surface area contributed by atoms with E-state index in [1.165, 1.54) is 0 Å². The number of hydrogen-bond donors (Lipinski definition) is 1. The van der Waals surface area contributed by atoms with Crippen LogP contribution in [0.15, 0.2) is 0 Å². The summed E-state index contributed by atoms with van der Waals surface area (Å²) in [6, 6.07) is 0.473. The van der Waals surface area contributed by atoms with Crippen molar-refractivity contribution in [3.8, 4) is 0 Å². The highest BCUT2D eigenvalue weighted by molar-refractivity contribution is 4.73. The molecule has 0 heterocycles. The Morgan fingerprint density at radius 1 is 1.00 bits per heavy atom. The van der Waals surface area contributed by atoms with E-state index in [0.29, 0.717) is 12.0 Å². The first-order chi connectivity index (χ1) is 8.17. The normalized spacial score (nSPS) is 15.2. The van der Waals surface area contributed by atoms with Crippen LogP contribution in [0, 0.1) is 5.92 Å². The minimum atomic E-state index is 0.473. The molecule has 0 aromatic rings. The fourth-order valence-electron chi connectivity index (χ4n) is 1.73. The summed E-state index contributed by atoms with van der Waals surface area (Å²) in [6.07, 6.45) is 0. The highest BCUT2D eigenvalue weighted by Gasteiger charge is 2.18. The molecule has 0 rings (SSSR count). The number of ether oxygens (including phenoxy) is 2. The van der Waals surface area contributed by atoms with Crippen molar-refractivity contribution in [2.24, 2.45) is 11.7 Å². The summed E-state index contributed by atoms with van der Waals surface area (Å²) in [5.41, 5.74) is 5.73. The Morgan fingerprint density at radius 2 is 1.47 bits per heavy atom. The third-order valence-electron chi connectivity index (χ3n) is 3.23. The standard InChI is InChI=1S/C13H30N2O2/c1-5-16-9-7-15(8-10-17-6-2)13(4)12(3)11-14/h12-13H,5-11,14H2,1-4H3. The Hall–Kier alpha value is -0.160. The molecule has 0 aliphatic heterocycles. The zero-order chi connectivity index (χ0) is 13.1. The van der Waals surface area contributed by atoms with Gasteiger partial charge in [-0.15, -0.1) is 0 Å². The Morgan fingerprint density at radius 3 is 1.82 bits per heavy atom. The molecule has 0 aromatic heterocycles. The minimum absolute atomic E-state index is 0.473. The molecule has 0 aliphatic carbocycles. The van der Waals surface area contributed by atoms with E-state index in [2.05, 4.69) is 18.7 Å². The molecular formula is C13H30N2O2.